The first-order valence-electron chi connectivity index (χ1n) is 10.0. The van der Waals surface area contributed by atoms with E-state index in [0.717, 1.165) is 24.5 Å². The van der Waals surface area contributed by atoms with Crippen LogP contribution in [0.1, 0.15) is 44.8 Å². The maximum absolute atomic E-state index is 14.5. The van der Waals surface area contributed by atoms with Crippen molar-refractivity contribution in [1.82, 2.24) is 10.3 Å². The van der Waals surface area contributed by atoms with Crippen LogP contribution in [-0.2, 0) is 6.61 Å². The first kappa shape index (κ1) is 23.2. The molecule has 4 rings (SSSR count). The molecule has 0 unspecified atom stereocenters. The molecule has 8 heteroatoms. The van der Waals surface area contributed by atoms with Gasteiger partial charge in [-0.25, -0.2) is 4.39 Å². The summed E-state index contributed by atoms with van der Waals surface area (Å²) >= 11 is 0. The minimum atomic E-state index is -0.641. The Morgan fingerprint density at radius 3 is 2.50 bits per heavy atom. The van der Waals surface area contributed by atoms with E-state index in [0.29, 0.717) is 16.9 Å². The summed E-state index contributed by atoms with van der Waals surface area (Å²) in [5.74, 6) is -1.24. The smallest absolute Gasteiger partial charge is 0.255 e. The van der Waals surface area contributed by atoms with Crippen molar-refractivity contribution in [3.8, 4) is 5.75 Å². The molecule has 1 saturated carbocycles. The molecule has 1 aromatic heterocycles. The van der Waals surface area contributed by atoms with Gasteiger partial charge in [-0.3, -0.25) is 14.6 Å². The van der Waals surface area contributed by atoms with Gasteiger partial charge in [-0.1, -0.05) is 12.1 Å². The number of carbonyl (C=O) groups is 2. The van der Waals surface area contributed by atoms with E-state index in [2.05, 4.69) is 15.6 Å². The molecule has 3 aromatic rings. The van der Waals surface area contributed by atoms with Crippen LogP contribution in [-0.4, -0.2) is 22.8 Å². The van der Waals surface area contributed by atoms with Crippen molar-refractivity contribution >= 4 is 29.9 Å². The van der Waals surface area contributed by atoms with Gasteiger partial charge in [-0.05, 0) is 67.8 Å². The van der Waals surface area contributed by atoms with Crippen LogP contribution in [0.25, 0.3) is 0 Å². The topological polar surface area (TPSA) is 80.3 Å². The second-order valence-corrected chi connectivity index (χ2v) is 7.49. The first-order chi connectivity index (χ1) is 15.0. The first-order valence-corrected chi connectivity index (χ1v) is 10.0. The molecule has 0 bridgehead atoms. The van der Waals surface area contributed by atoms with Crippen LogP contribution < -0.4 is 15.4 Å². The van der Waals surface area contributed by atoms with Gasteiger partial charge >= 0.3 is 0 Å². The van der Waals surface area contributed by atoms with E-state index in [9.17, 15) is 14.0 Å². The van der Waals surface area contributed by atoms with Gasteiger partial charge in [-0.15, -0.1) is 12.4 Å². The average molecular weight is 456 g/mol. The molecule has 166 valence electrons. The monoisotopic (exact) mass is 455 g/mol. The number of pyridine rings is 1. The molecule has 2 N–H and O–H groups in total. The molecule has 0 radical (unpaired) electrons. The van der Waals surface area contributed by atoms with E-state index < -0.39 is 11.7 Å². The van der Waals surface area contributed by atoms with E-state index in [1.165, 1.54) is 12.1 Å². The maximum Gasteiger partial charge on any atom is 0.255 e. The number of halogens is 2. The highest BCUT2D eigenvalue weighted by atomic mass is 35.5. The van der Waals surface area contributed by atoms with E-state index in [1.807, 2.05) is 13.0 Å². The summed E-state index contributed by atoms with van der Waals surface area (Å²) in [4.78, 5) is 29.0. The molecule has 0 spiro atoms. The maximum atomic E-state index is 14.5. The van der Waals surface area contributed by atoms with Gasteiger partial charge in [0, 0.05) is 29.1 Å². The SMILES string of the molecule is Cc1ccc(C(=O)NC2CC2)cc1NC(=O)c1ccc(OCc2ccccn2)c(F)c1.Cl. The van der Waals surface area contributed by atoms with Crippen molar-refractivity contribution in [2.24, 2.45) is 0 Å². The number of nitrogens with zero attached hydrogens (tertiary/aromatic N) is 1. The van der Waals surface area contributed by atoms with E-state index in [1.54, 1.807) is 36.5 Å². The Labute approximate surface area is 191 Å². The lowest BCUT2D eigenvalue weighted by atomic mass is 10.1. The predicted molar refractivity (Wildman–Crippen MR) is 122 cm³/mol. The van der Waals surface area contributed by atoms with Crippen LogP contribution in [0, 0.1) is 12.7 Å². The zero-order chi connectivity index (χ0) is 21.8. The molecule has 2 aromatic carbocycles. The zero-order valence-electron chi connectivity index (χ0n) is 17.4. The summed E-state index contributed by atoms with van der Waals surface area (Å²) in [6.45, 7) is 1.95. The number of aryl methyl sites for hydroxylation is 1. The Morgan fingerprint density at radius 2 is 1.81 bits per heavy atom. The van der Waals surface area contributed by atoms with Crippen LogP contribution in [0.3, 0.4) is 0 Å². The van der Waals surface area contributed by atoms with Crippen molar-refractivity contribution in [2.75, 3.05) is 5.32 Å². The van der Waals surface area contributed by atoms with E-state index >= 15 is 0 Å². The lowest BCUT2D eigenvalue weighted by Crippen LogP contribution is -2.25. The lowest BCUT2D eigenvalue weighted by Gasteiger charge is -2.12. The largest absolute Gasteiger partial charge is 0.484 e. The summed E-state index contributed by atoms with van der Waals surface area (Å²) in [6, 6.07) is 14.8. The Balaban J connectivity index is 0.00000289. The highest BCUT2D eigenvalue weighted by molar-refractivity contribution is 6.05. The fourth-order valence-electron chi connectivity index (χ4n) is 2.98. The normalized spacial score (nSPS) is 12.4. The molecule has 2 amide bonds. The number of aromatic nitrogens is 1. The molecule has 1 heterocycles. The number of amides is 2. The number of carbonyl (C=O) groups excluding carboxylic acids is 2. The standard InChI is InChI=1S/C24H22FN3O3.ClH/c1-15-5-6-17(23(29)27-18-8-9-18)13-21(15)28-24(30)16-7-10-22(20(25)12-16)31-14-19-4-2-3-11-26-19;/h2-7,10-13,18H,8-9,14H2,1H3,(H,27,29)(H,28,30);1H. The van der Waals surface area contributed by atoms with Gasteiger partial charge in [0.1, 0.15) is 6.61 Å². The van der Waals surface area contributed by atoms with Crippen LogP contribution in [0.5, 0.6) is 5.75 Å². The van der Waals surface area contributed by atoms with Crippen LogP contribution >= 0.6 is 12.4 Å². The van der Waals surface area contributed by atoms with E-state index in [-0.39, 0.29) is 42.3 Å². The summed E-state index contributed by atoms with van der Waals surface area (Å²) in [5, 5.41) is 5.68. The molecular formula is C24H23ClFN3O3. The molecular weight excluding hydrogens is 433 g/mol. The minimum absolute atomic E-state index is 0. The molecule has 1 fully saturated rings. The number of rotatable bonds is 7. The van der Waals surface area contributed by atoms with Crippen molar-refractivity contribution in [3.05, 3.63) is 89.0 Å². The van der Waals surface area contributed by atoms with Gasteiger partial charge < -0.3 is 15.4 Å². The molecule has 0 aliphatic heterocycles. The number of ether oxygens (including phenoxy) is 1. The Hall–Kier alpha value is -3.45. The van der Waals surface area contributed by atoms with E-state index in [4.69, 9.17) is 4.74 Å². The molecule has 1 aliphatic rings. The Bertz CT molecular complexity index is 1120. The third-order valence-corrected chi connectivity index (χ3v) is 4.96. The Morgan fingerprint density at radius 1 is 1.06 bits per heavy atom. The van der Waals surface area contributed by atoms with Crippen molar-refractivity contribution in [1.29, 1.82) is 0 Å². The third kappa shape index (κ3) is 5.82. The van der Waals surface area contributed by atoms with Gasteiger partial charge in [0.25, 0.3) is 11.8 Å². The molecule has 1 aliphatic carbocycles. The van der Waals surface area contributed by atoms with Crippen LogP contribution in [0.15, 0.2) is 60.8 Å². The average Bonchev–Trinajstić information content (AvgIpc) is 3.59. The second-order valence-electron chi connectivity index (χ2n) is 7.49. The third-order valence-electron chi connectivity index (χ3n) is 4.96. The summed E-state index contributed by atoms with van der Waals surface area (Å²) in [6.07, 6.45) is 3.62. The number of hydrogen-bond acceptors (Lipinski definition) is 4. The van der Waals surface area contributed by atoms with Gasteiger partial charge in [0.05, 0.1) is 5.69 Å². The summed E-state index contributed by atoms with van der Waals surface area (Å²) in [7, 11) is 0. The fourth-order valence-corrected chi connectivity index (χ4v) is 2.98. The number of benzene rings is 2. The molecule has 6 nitrogen and oxygen atoms in total. The summed E-state index contributed by atoms with van der Waals surface area (Å²) in [5.41, 5.74) is 2.59. The van der Waals surface area contributed by atoms with Gasteiger partial charge in [0.2, 0.25) is 0 Å². The highest BCUT2D eigenvalue weighted by Crippen LogP contribution is 2.23. The van der Waals surface area contributed by atoms with Crippen LogP contribution in [0.2, 0.25) is 0 Å². The van der Waals surface area contributed by atoms with Crippen molar-refractivity contribution < 1.29 is 18.7 Å². The lowest BCUT2D eigenvalue weighted by molar-refractivity contribution is 0.0949. The number of hydrogen-bond donors (Lipinski definition) is 2. The molecule has 0 atom stereocenters. The molecule has 32 heavy (non-hydrogen) atoms. The minimum Gasteiger partial charge on any atom is -0.484 e. The van der Waals surface area contributed by atoms with Crippen LogP contribution in [0.4, 0.5) is 10.1 Å². The molecule has 0 saturated heterocycles. The highest BCUT2D eigenvalue weighted by Gasteiger charge is 2.24. The zero-order valence-corrected chi connectivity index (χ0v) is 18.2. The fraction of sp³-hybridized carbons (Fsp3) is 0.208. The van der Waals surface area contributed by atoms with Gasteiger partial charge in [-0.2, -0.15) is 0 Å². The van der Waals surface area contributed by atoms with Crippen molar-refractivity contribution in [2.45, 2.75) is 32.4 Å². The quantitative estimate of drug-likeness (QED) is 0.542. The Kier molecular flexibility index (Phi) is 7.43. The number of anilines is 1. The summed E-state index contributed by atoms with van der Waals surface area (Å²) < 4.78 is 19.9. The number of nitrogens with one attached hydrogen (secondary N) is 2. The predicted octanol–water partition coefficient (Wildman–Crippen LogP) is 4.67. The van der Waals surface area contributed by atoms with Gasteiger partial charge in [0.15, 0.2) is 11.6 Å². The second kappa shape index (κ2) is 10.2. The van der Waals surface area contributed by atoms with Crippen molar-refractivity contribution in [3.63, 3.8) is 0 Å².